The van der Waals surface area contributed by atoms with Crippen molar-refractivity contribution in [2.75, 3.05) is 0 Å². The van der Waals surface area contributed by atoms with Crippen molar-refractivity contribution < 1.29 is 4.74 Å². The second-order valence-corrected chi connectivity index (χ2v) is 8.44. The molecule has 4 heteroatoms. The van der Waals surface area contributed by atoms with Crippen molar-refractivity contribution in [3.63, 3.8) is 0 Å². The van der Waals surface area contributed by atoms with E-state index in [4.69, 9.17) is 14.7 Å². The first-order valence-electron chi connectivity index (χ1n) is 11.2. The van der Waals surface area contributed by atoms with E-state index < -0.39 is 0 Å². The first-order valence-corrected chi connectivity index (χ1v) is 11.2. The molecule has 0 spiro atoms. The minimum absolute atomic E-state index is 0.0654. The van der Waals surface area contributed by atoms with Gasteiger partial charge in [0.15, 0.2) is 5.88 Å². The number of aliphatic imine (C=N–C) groups is 2. The Morgan fingerprint density at radius 3 is 2.59 bits per heavy atom. The molecule has 3 heterocycles. The Balaban J connectivity index is 1.87. The first kappa shape index (κ1) is 21.8. The predicted molar refractivity (Wildman–Crippen MR) is 134 cm³/mol. The fourth-order valence-corrected chi connectivity index (χ4v) is 5.09. The highest BCUT2D eigenvalue weighted by Crippen LogP contribution is 2.40. The van der Waals surface area contributed by atoms with Crippen molar-refractivity contribution in [3.05, 3.63) is 109 Å². The summed E-state index contributed by atoms with van der Waals surface area (Å²) >= 11 is 0. The second kappa shape index (κ2) is 8.99. The molecule has 3 atom stereocenters. The first-order chi connectivity index (χ1) is 15.5. The maximum Gasteiger partial charge on any atom is 0.186 e. The zero-order valence-electron chi connectivity index (χ0n) is 18.9. The van der Waals surface area contributed by atoms with Crippen molar-refractivity contribution >= 4 is 11.4 Å². The van der Waals surface area contributed by atoms with Gasteiger partial charge < -0.3 is 10.1 Å². The smallest absolute Gasteiger partial charge is 0.186 e. The summed E-state index contributed by atoms with van der Waals surface area (Å²) in [5.41, 5.74) is 7.08. The highest BCUT2D eigenvalue weighted by Gasteiger charge is 2.34. The molecule has 1 N–H and O–H groups in total. The van der Waals surface area contributed by atoms with Crippen LogP contribution in [0.4, 0.5) is 0 Å². The summed E-state index contributed by atoms with van der Waals surface area (Å²) in [6, 6.07) is 8.68. The molecule has 3 aliphatic heterocycles. The molecule has 0 fully saturated rings. The van der Waals surface area contributed by atoms with Crippen molar-refractivity contribution in [3.8, 4) is 0 Å². The Labute approximate surface area is 191 Å². The molecular formula is C28H31N3O. The van der Waals surface area contributed by atoms with E-state index in [-0.39, 0.29) is 18.0 Å². The van der Waals surface area contributed by atoms with Gasteiger partial charge in [-0.2, -0.15) is 0 Å². The Morgan fingerprint density at radius 2 is 1.88 bits per heavy atom. The van der Waals surface area contributed by atoms with Gasteiger partial charge in [-0.3, -0.25) is 9.98 Å². The fraction of sp³-hybridized carbons (Fsp3) is 0.286. The Hall–Kier alpha value is -3.40. The minimum atomic E-state index is 0.0654. The van der Waals surface area contributed by atoms with Crippen LogP contribution in [0, 0.1) is 0 Å². The molecule has 1 aromatic carbocycles. The van der Waals surface area contributed by atoms with Crippen LogP contribution in [0.15, 0.2) is 108 Å². The molecule has 3 unspecified atom stereocenters. The van der Waals surface area contributed by atoms with Crippen LogP contribution in [0.25, 0.3) is 0 Å². The van der Waals surface area contributed by atoms with E-state index in [1.54, 1.807) is 6.08 Å². The Bertz CT molecular complexity index is 1100. The van der Waals surface area contributed by atoms with E-state index in [2.05, 4.69) is 69.4 Å². The second-order valence-electron chi connectivity index (χ2n) is 8.44. The van der Waals surface area contributed by atoms with Crippen LogP contribution in [0.5, 0.6) is 0 Å². The number of ether oxygens (including phenoxy) is 1. The van der Waals surface area contributed by atoms with E-state index in [0.717, 1.165) is 42.0 Å². The highest BCUT2D eigenvalue weighted by molar-refractivity contribution is 6.12. The van der Waals surface area contributed by atoms with Gasteiger partial charge in [-0.05, 0) is 49.1 Å². The van der Waals surface area contributed by atoms with Gasteiger partial charge in [0, 0.05) is 29.2 Å². The summed E-state index contributed by atoms with van der Waals surface area (Å²) in [6.07, 6.45) is 7.00. The molecule has 0 aliphatic carbocycles. The third-order valence-corrected chi connectivity index (χ3v) is 6.51. The van der Waals surface area contributed by atoms with Gasteiger partial charge in [0.2, 0.25) is 0 Å². The fourth-order valence-electron chi connectivity index (χ4n) is 5.09. The molecule has 32 heavy (non-hydrogen) atoms. The van der Waals surface area contributed by atoms with Gasteiger partial charge in [-0.1, -0.05) is 57.5 Å². The molecule has 0 saturated heterocycles. The largest absolute Gasteiger partial charge is 0.442 e. The average Bonchev–Trinajstić information content (AvgIpc) is 2.90. The van der Waals surface area contributed by atoms with Crippen LogP contribution < -0.4 is 5.32 Å². The van der Waals surface area contributed by atoms with Crippen LogP contribution in [-0.4, -0.2) is 23.5 Å². The topological polar surface area (TPSA) is 46.0 Å². The number of hydrogen-bond acceptors (Lipinski definition) is 4. The molecule has 4 rings (SSSR count). The molecule has 0 saturated carbocycles. The lowest BCUT2D eigenvalue weighted by molar-refractivity contribution is 0.287. The summed E-state index contributed by atoms with van der Waals surface area (Å²) in [5.74, 6) is 1.32. The monoisotopic (exact) mass is 425 g/mol. The number of nitrogens with zero attached hydrogens (tertiary/aromatic N) is 2. The number of nitrogens with one attached hydrogen (secondary N) is 1. The maximum atomic E-state index is 5.89. The Kier molecular flexibility index (Phi) is 6.13. The number of allylic oxidation sites excluding steroid dienone is 3. The summed E-state index contributed by atoms with van der Waals surface area (Å²) in [5, 5.41) is 3.42. The third-order valence-electron chi connectivity index (χ3n) is 6.51. The number of fused-ring (bicyclic) bond motifs is 3. The summed E-state index contributed by atoms with van der Waals surface area (Å²) < 4.78 is 5.89. The lowest BCUT2D eigenvalue weighted by Gasteiger charge is -2.33. The van der Waals surface area contributed by atoms with E-state index in [9.17, 15) is 0 Å². The lowest BCUT2D eigenvalue weighted by Crippen LogP contribution is -2.31. The summed E-state index contributed by atoms with van der Waals surface area (Å²) in [6.45, 7) is 22.7. The lowest BCUT2D eigenvalue weighted by atomic mass is 9.77. The van der Waals surface area contributed by atoms with Crippen LogP contribution in [-0.2, 0) is 4.74 Å². The summed E-state index contributed by atoms with van der Waals surface area (Å²) in [7, 11) is 0. The van der Waals surface area contributed by atoms with Crippen molar-refractivity contribution in [1.82, 2.24) is 5.32 Å². The van der Waals surface area contributed by atoms with Crippen LogP contribution in [0.1, 0.15) is 49.7 Å². The van der Waals surface area contributed by atoms with Gasteiger partial charge >= 0.3 is 0 Å². The molecule has 0 radical (unpaired) electrons. The van der Waals surface area contributed by atoms with Crippen molar-refractivity contribution in [1.29, 1.82) is 0 Å². The minimum Gasteiger partial charge on any atom is -0.442 e. The normalized spacial score (nSPS) is 25.7. The summed E-state index contributed by atoms with van der Waals surface area (Å²) in [4.78, 5) is 9.96. The maximum absolute atomic E-state index is 5.89. The molecule has 4 nitrogen and oxygen atoms in total. The SMILES string of the molecule is C=CC1=NC(=C)CC2N=C(C=C)c3ccccc3C2CCC2=C1C(=C)OC(=C)NC2CC. The highest BCUT2D eigenvalue weighted by atomic mass is 16.5. The number of hydrogen-bond donors (Lipinski definition) is 1. The van der Waals surface area contributed by atoms with Gasteiger partial charge in [0.25, 0.3) is 0 Å². The van der Waals surface area contributed by atoms with Crippen LogP contribution in [0.3, 0.4) is 0 Å². The predicted octanol–water partition coefficient (Wildman–Crippen LogP) is 6.13. The molecule has 3 aliphatic rings. The average molecular weight is 426 g/mol. The van der Waals surface area contributed by atoms with E-state index in [0.29, 0.717) is 18.1 Å². The molecule has 1 aromatic rings. The Morgan fingerprint density at radius 1 is 1.12 bits per heavy atom. The van der Waals surface area contributed by atoms with Gasteiger partial charge in [0.05, 0.1) is 23.5 Å². The van der Waals surface area contributed by atoms with E-state index in [1.165, 1.54) is 16.7 Å². The van der Waals surface area contributed by atoms with Crippen LogP contribution in [0.2, 0.25) is 0 Å². The van der Waals surface area contributed by atoms with E-state index in [1.807, 2.05) is 6.08 Å². The number of rotatable bonds is 3. The third kappa shape index (κ3) is 3.93. The molecule has 0 amide bonds. The molecule has 0 aromatic heterocycles. The number of benzene rings is 1. The van der Waals surface area contributed by atoms with Gasteiger partial charge in [-0.25, -0.2) is 0 Å². The van der Waals surface area contributed by atoms with Gasteiger partial charge in [0.1, 0.15) is 5.76 Å². The molecule has 0 bridgehead atoms. The zero-order chi connectivity index (χ0) is 22.8. The van der Waals surface area contributed by atoms with Crippen molar-refractivity contribution in [2.24, 2.45) is 9.98 Å². The quantitative estimate of drug-likeness (QED) is 0.633. The zero-order valence-corrected chi connectivity index (χ0v) is 18.9. The standard InChI is InChI=1S/C28H31N3O/c1-7-24-21-13-11-10-12-20(21)22-14-15-23-25(8-2)30-19(6)32-18(5)28(23)26(9-3)29-17(4)16-27(22)31-24/h7,9-13,22,25,27,30H,1,3-6,8,14-16H2,2H3. The molecular weight excluding hydrogens is 394 g/mol. The van der Waals surface area contributed by atoms with Gasteiger partial charge in [-0.15, -0.1) is 0 Å². The van der Waals surface area contributed by atoms with E-state index >= 15 is 0 Å². The van der Waals surface area contributed by atoms with Crippen molar-refractivity contribution in [2.45, 2.75) is 50.6 Å². The van der Waals surface area contributed by atoms with Crippen LogP contribution >= 0.6 is 0 Å². The molecule has 164 valence electrons.